The maximum atomic E-state index is 14.2. The molecule has 0 bridgehead atoms. The quantitative estimate of drug-likeness (QED) is 0.302. The van der Waals surface area contributed by atoms with Crippen LogP contribution in [0.25, 0.3) is 22.3 Å². The van der Waals surface area contributed by atoms with Crippen LogP contribution in [-0.2, 0) is 0 Å². The maximum Gasteiger partial charge on any atom is 0.162 e. The number of anilines is 3. The van der Waals surface area contributed by atoms with Crippen LogP contribution >= 0.6 is 0 Å². The molecule has 1 saturated carbocycles. The van der Waals surface area contributed by atoms with Crippen LogP contribution < -0.4 is 16.0 Å². The van der Waals surface area contributed by atoms with Gasteiger partial charge in [0.2, 0.25) is 0 Å². The van der Waals surface area contributed by atoms with Crippen LogP contribution in [0.2, 0.25) is 0 Å². The summed E-state index contributed by atoms with van der Waals surface area (Å²) in [6.07, 6.45) is 9.55. The van der Waals surface area contributed by atoms with Gasteiger partial charge in [-0.2, -0.15) is 0 Å². The van der Waals surface area contributed by atoms with E-state index >= 15 is 0 Å². The Morgan fingerprint density at radius 3 is 2.59 bits per heavy atom. The molecule has 37 heavy (non-hydrogen) atoms. The highest BCUT2D eigenvalue weighted by Gasteiger charge is 2.31. The highest BCUT2D eigenvalue weighted by atomic mass is 19.1. The Morgan fingerprint density at radius 1 is 1.03 bits per heavy atom. The van der Waals surface area contributed by atoms with Gasteiger partial charge in [-0.05, 0) is 81.8 Å². The molecule has 2 fully saturated rings. The summed E-state index contributed by atoms with van der Waals surface area (Å²) in [7, 11) is 0. The van der Waals surface area contributed by atoms with Gasteiger partial charge in [0.15, 0.2) is 5.82 Å². The number of para-hydroxylation sites is 1. The standard InChI is InChI=1S/C28H29F2N7/c1-28(2)13-18(9-11-33-28)34-27-24-19(16-6-7-16)14-31-15-22(24)35-26(37-27)17-8-10-32-23(12-17)36-25-20(29)4-3-5-21(25)30/h3-5,8,10,12,14-16,18,33H,6-7,9,11,13H2,1-2H3,(H,32,36)(H,34,35,37). The summed E-state index contributed by atoms with van der Waals surface area (Å²) in [6.45, 7) is 5.37. The lowest BCUT2D eigenvalue weighted by molar-refractivity contribution is 0.286. The summed E-state index contributed by atoms with van der Waals surface area (Å²) in [5.41, 5.74) is 2.43. The molecule has 1 aromatic carbocycles. The van der Waals surface area contributed by atoms with Crippen molar-refractivity contribution in [3.63, 3.8) is 0 Å². The van der Waals surface area contributed by atoms with E-state index in [1.54, 1.807) is 24.5 Å². The molecule has 1 atom stereocenters. The van der Waals surface area contributed by atoms with Crippen molar-refractivity contribution >= 4 is 28.2 Å². The van der Waals surface area contributed by atoms with Gasteiger partial charge >= 0.3 is 0 Å². The van der Waals surface area contributed by atoms with Crippen molar-refractivity contribution in [2.75, 3.05) is 17.2 Å². The van der Waals surface area contributed by atoms with E-state index in [9.17, 15) is 8.78 Å². The molecule has 2 aliphatic rings. The van der Waals surface area contributed by atoms with Crippen molar-refractivity contribution in [1.29, 1.82) is 0 Å². The fourth-order valence-corrected chi connectivity index (χ4v) is 5.12. The molecule has 1 aliphatic carbocycles. The van der Waals surface area contributed by atoms with Gasteiger partial charge in [0.05, 0.1) is 11.7 Å². The van der Waals surface area contributed by atoms with Crippen LogP contribution in [0.4, 0.5) is 26.1 Å². The van der Waals surface area contributed by atoms with Crippen molar-refractivity contribution in [3.05, 3.63) is 66.1 Å². The minimum Gasteiger partial charge on any atom is -0.367 e. The number of nitrogens with zero attached hydrogens (tertiary/aromatic N) is 4. The third-order valence-corrected chi connectivity index (χ3v) is 7.08. The Morgan fingerprint density at radius 2 is 1.84 bits per heavy atom. The first-order valence-corrected chi connectivity index (χ1v) is 12.7. The third kappa shape index (κ3) is 4.96. The van der Waals surface area contributed by atoms with Crippen molar-refractivity contribution < 1.29 is 8.78 Å². The summed E-state index contributed by atoms with van der Waals surface area (Å²) < 4.78 is 28.4. The summed E-state index contributed by atoms with van der Waals surface area (Å²) in [4.78, 5) is 18.6. The van der Waals surface area contributed by atoms with Crippen molar-refractivity contribution in [2.45, 2.75) is 57.0 Å². The second-order valence-electron chi connectivity index (χ2n) is 10.6. The molecule has 4 aromatic rings. The largest absolute Gasteiger partial charge is 0.367 e. The zero-order valence-corrected chi connectivity index (χ0v) is 20.9. The van der Waals surface area contributed by atoms with Gasteiger partial charge in [-0.1, -0.05) is 6.07 Å². The molecule has 4 heterocycles. The molecule has 190 valence electrons. The van der Waals surface area contributed by atoms with Gasteiger partial charge in [0, 0.05) is 34.9 Å². The molecule has 0 amide bonds. The van der Waals surface area contributed by atoms with Gasteiger partial charge in [-0.3, -0.25) is 4.98 Å². The number of nitrogens with one attached hydrogen (secondary N) is 3. The predicted octanol–water partition coefficient (Wildman–Crippen LogP) is 5.93. The highest BCUT2D eigenvalue weighted by molar-refractivity contribution is 5.93. The number of hydrogen-bond donors (Lipinski definition) is 3. The third-order valence-electron chi connectivity index (χ3n) is 7.08. The number of fused-ring (bicyclic) bond motifs is 1. The predicted molar refractivity (Wildman–Crippen MR) is 141 cm³/mol. The lowest BCUT2D eigenvalue weighted by atomic mass is 9.89. The Bertz CT molecular complexity index is 1450. The zero-order valence-electron chi connectivity index (χ0n) is 20.9. The first-order valence-electron chi connectivity index (χ1n) is 12.7. The van der Waals surface area contributed by atoms with Crippen LogP contribution in [0.3, 0.4) is 0 Å². The molecular formula is C28H29F2N7. The summed E-state index contributed by atoms with van der Waals surface area (Å²) >= 11 is 0. The fraction of sp³-hybridized carbons (Fsp3) is 0.357. The van der Waals surface area contributed by atoms with E-state index in [0.717, 1.165) is 48.9 Å². The summed E-state index contributed by atoms with van der Waals surface area (Å²) in [5.74, 6) is 0.706. The second kappa shape index (κ2) is 9.30. The highest BCUT2D eigenvalue weighted by Crippen LogP contribution is 2.44. The Labute approximate surface area is 214 Å². The number of halogens is 2. The van der Waals surface area contributed by atoms with E-state index in [2.05, 4.69) is 39.8 Å². The first kappa shape index (κ1) is 23.7. The Kier molecular flexibility index (Phi) is 5.95. The molecule has 3 N–H and O–H groups in total. The lowest BCUT2D eigenvalue weighted by Crippen LogP contribution is -2.50. The molecule has 0 radical (unpaired) electrons. The molecule has 7 nitrogen and oxygen atoms in total. The summed E-state index contributed by atoms with van der Waals surface area (Å²) in [6, 6.07) is 7.48. The van der Waals surface area contributed by atoms with E-state index in [1.165, 1.54) is 23.8 Å². The number of rotatable bonds is 6. The zero-order chi connectivity index (χ0) is 25.6. The average molecular weight is 502 g/mol. The van der Waals surface area contributed by atoms with Crippen LogP contribution in [0.1, 0.15) is 51.0 Å². The normalized spacial score (nSPS) is 19.1. The Hall–Kier alpha value is -3.72. The maximum absolute atomic E-state index is 14.2. The van der Waals surface area contributed by atoms with Crippen molar-refractivity contribution in [1.82, 2.24) is 25.3 Å². The number of pyridine rings is 2. The molecule has 0 spiro atoms. The minimum atomic E-state index is -0.691. The minimum absolute atomic E-state index is 0.0378. The number of piperidine rings is 1. The summed E-state index contributed by atoms with van der Waals surface area (Å²) in [5, 5.41) is 11.1. The number of hydrogen-bond acceptors (Lipinski definition) is 7. The van der Waals surface area contributed by atoms with Crippen LogP contribution in [-0.4, -0.2) is 38.1 Å². The van der Waals surface area contributed by atoms with Gasteiger partial charge in [0.25, 0.3) is 0 Å². The van der Waals surface area contributed by atoms with E-state index in [4.69, 9.17) is 9.97 Å². The molecule has 9 heteroatoms. The fourth-order valence-electron chi connectivity index (χ4n) is 5.12. The molecule has 3 aromatic heterocycles. The Balaban J connectivity index is 1.40. The van der Waals surface area contributed by atoms with E-state index in [-0.39, 0.29) is 17.3 Å². The molecule has 1 saturated heterocycles. The first-order chi connectivity index (χ1) is 17.9. The van der Waals surface area contributed by atoms with Gasteiger partial charge in [0.1, 0.15) is 29.0 Å². The van der Waals surface area contributed by atoms with Crippen LogP contribution in [0.5, 0.6) is 0 Å². The average Bonchev–Trinajstić information content (AvgIpc) is 3.71. The monoisotopic (exact) mass is 501 g/mol. The van der Waals surface area contributed by atoms with Crippen LogP contribution in [0.15, 0.2) is 48.9 Å². The molecule has 1 unspecified atom stereocenters. The van der Waals surface area contributed by atoms with Gasteiger partial charge in [-0.15, -0.1) is 0 Å². The smallest absolute Gasteiger partial charge is 0.162 e. The second-order valence-corrected chi connectivity index (χ2v) is 10.6. The van der Waals surface area contributed by atoms with Crippen molar-refractivity contribution in [2.24, 2.45) is 0 Å². The van der Waals surface area contributed by atoms with Gasteiger partial charge in [-0.25, -0.2) is 23.7 Å². The van der Waals surface area contributed by atoms with Gasteiger partial charge < -0.3 is 16.0 Å². The molecule has 6 rings (SSSR count). The SMILES string of the molecule is CC1(C)CC(Nc2nc(-c3ccnc(Nc4c(F)cccc4F)c3)nc3cncc(C4CC4)c23)CCN1. The molecular weight excluding hydrogens is 472 g/mol. The number of aromatic nitrogens is 4. The van der Waals surface area contributed by atoms with Crippen molar-refractivity contribution in [3.8, 4) is 11.4 Å². The van der Waals surface area contributed by atoms with E-state index < -0.39 is 11.6 Å². The van der Waals surface area contributed by atoms with E-state index in [0.29, 0.717) is 23.1 Å². The van der Waals surface area contributed by atoms with E-state index in [1.807, 2.05) is 6.20 Å². The molecule has 1 aliphatic heterocycles. The lowest BCUT2D eigenvalue weighted by Gasteiger charge is -2.37. The van der Waals surface area contributed by atoms with Crippen LogP contribution in [0, 0.1) is 11.6 Å². The topological polar surface area (TPSA) is 87.7 Å². The number of benzene rings is 1.